The van der Waals surface area contributed by atoms with Gasteiger partial charge in [0.25, 0.3) is 5.91 Å². The molecule has 0 bridgehead atoms. The van der Waals surface area contributed by atoms with E-state index in [1.165, 1.54) is 0 Å². The quantitative estimate of drug-likeness (QED) is 0.859. The molecule has 7 heteroatoms. The van der Waals surface area contributed by atoms with E-state index in [2.05, 4.69) is 5.32 Å². The molecule has 0 aromatic heterocycles. The molecule has 1 aliphatic heterocycles. The van der Waals surface area contributed by atoms with Crippen LogP contribution in [0.15, 0.2) is 12.1 Å². The molecule has 1 fully saturated rings. The molecule has 3 nitrogen and oxygen atoms in total. The lowest BCUT2D eigenvalue weighted by molar-refractivity contribution is 0.0685. The first-order valence-corrected chi connectivity index (χ1v) is 6.99. The predicted molar refractivity (Wildman–Crippen MR) is 81.2 cm³/mol. The molecule has 0 radical (unpaired) electrons. The van der Waals surface area contributed by atoms with Crippen LogP contribution in [0.3, 0.4) is 0 Å². The maximum atomic E-state index is 13.7. The molecule has 1 N–H and O–H groups in total. The summed E-state index contributed by atoms with van der Waals surface area (Å²) >= 11 is 5.48. The third-order valence-electron chi connectivity index (χ3n) is 3.63. The van der Waals surface area contributed by atoms with Crippen molar-refractivity contribution in [2.45, 2.75) is 12.8 Å². The number of rotatable bonds is 3. The highest BCUT2D eigenvalue weighted by Gasteiger charge is 2.25. The van der Waals surface area contributed by atoms with E-state index in [1.807, 2.05) is 7.05 Å². The van der Waals surface area contributed by atoms with Gasteiger partial charge in [-0.15, -0.1) is 12.4 Å². The Morgan fingerprint density at radius 1 is 1.33 bits per heavy atom. The molecule has 0 unspecified atom stereocenters. The Labute approximate surface area is 134 Å². The molecule has 1 aliphatic rings. The van der Waals surface area contributed by atoms with Crippen LogP contribution in [0.2, 0.25) is 5.02 Å². The molecule has 0 saturated carbocycles. The Balaban J connectivity index is 0.00000220. The van der Waals surface area contributed by atoms with Crippen molar-refractivity contribution in [3.63, 3.8) is 0 Å². The lowest BCUT2D eigenvalue weighted by Gasteiger charge is -2.32. The van der Waals surface area contributed by atoms with Gasteiger partial charge in [0.15, 0.2) is 0 Å². The number of amides is 1. The fourth-order valence-electron chi connectivity index (χ4n) is 2.49. The minimum atomic E-state index is -0.779. The van der Waals surface area contributed by atoms with Crippen molar-refractivity contribution in [2.75, 3.05) is 26.7 Å². The standard InChI is InChI=1S/C14H17ClF2N2O.ClH/c1-18-8-9-2-4-19(5-3-9)14(20)10-6-13(17)11(15)7-12(10)16;/h6-7,9,18H,2-5,8H2,1H3;1H. The van der Waals surface area contributed by atoms with Gasteiger partial charge in [0.05, 0.1) is 10.6 Å². The van der Waals surface area contributed by atoms with E-state index in [0.29, 0.717) is 19.0 Å². The monoisotopic (exact) mass is 338 g/mol. The van der Waals surface area contributed by atoms with Gasteiger partial charge in [0.2, 0.25) is 0 Å². The minimum absolute atomic E-state index is 0. The lowest BCUT2D eigenvalue weighted by Crippen LogP contribution is -2.40. The summed E-state index contributed by atoms with van der Waals surface area (Å²) in [6.07, 6.45) is 1.73. The Hall–Kier alpha value is -0.910. The fraction of sp³-hybridized carbons (Fsp3) is 0.500. The summed E-state index contributed by atoms with van der Waals surface area (Å²) in [6, 6.07) is 1.72. The molecule has 1 saturated heterocycles. The van der Waals surface area contributed by atoms with Crippen molar-refractivity contribution in [3.8, 4) is 0 Å². The Kier molecular flexibility index (Phi) is 6.84. The van der Waals surface area contributed by atoms with Crippen molar-refractivity contribution >= 4 is 29.9 Å². The Morgan fingerprint density at radius 2 is 1.95 bits per heavy atom. The first-order valence-electron chi connectivity index (χ1n) is 6.61. The van der Waals surface area contributed by atoms with Gasteiger partial charge >= 0.3 is 0 Å². The van der Waals surface area contributed by atoms with Gasteiger partial charge in [-0.05, 0) is 44.5 Å². The molecule has 0 atom stereocenters. The number of likely N-dealkylation sites (tertiary alicyclic amines) is 1. The molecule has 1 heterocycles. The van der Waals surface area contributed by atoms with Crippen LogP contribution in [0.5, 0.6) is 0 Å². The zero-order chi connectivity index (χ0) is 14.7. The van der Waals surface area contributed by atoms with Crippen LogP contribution in [0.4, 0.5) is 8.78 Å². The summed E-state index contributed by atoms with van der Waals surface area (Å²) in [7, 11) is 1.89. The molecule has 1 amide bonds. The van der Waals surface area contributed by atoms with Crippen LogP contribution < -0.4 is 5.32 Å². The topological polar surface area (TPSA) is 32.3 Å². The summed E-state index contributed by atoms with van der Waals surface area (Å²) in [5.41, 5.74) is -0.251. The number of hydrogen-bond donors (Lipinski definition) is 1. The number of hydrogen-bond acceptors (Lipinski definition) is 2. The predicted octanol–water partition coefficient (Wildman–Crippen LogP) is 3.11. The minimum Gasteiger partial charge on any atom is -0.339 e. The number of benzene rings is 1. The van der Waals surface area contributed by atoms with Crippen LogP contribution in [-0.2, 0) is 0 Å². The second-order valence-electron chi connectivity index (χ2n) is 5.04. The van der Waals surface area contributed by atoms with E-state index in [1.54, 1.807) is 4.90 Å². The highest BCUT2D eigenvalue weighted by Crippen LogP contribution is 2.23. The van der Waals surface area contributed by atoms with Crippen LogP contribution in [-0.4, -0.2) is 37.5 Å². The molecule has 0 spiro atoms. The van der Waals surface area contributed by atoms with E-state index in [0.717, 1.165) is 31.5 Å². The largest absolute Gasteiger partial charge is 0.339 e. The van der Waals surface area contributed by atoms with E-state index in [9.17, 15) is 13.6 Å². The first kappa shape index (κ1) is 18.1. The highest BCUT2D eigenvalue weighted by atomic mass is 35.5. The molecule has 1 aromatic carbocycles. The van der Waals surface area contributed by atoms with Crippen LogP contribution >= 0.6 is 24.0 Å². The van der Waals surface area contributed by atoms with Crippen molar-refractivity contribution in [3.05, 3.63) is 34.4 Å². The highest BCUT2D eigenvalue weighted by molar-refractivity contribution is 6.30. The summed E-state index contributed by atoms with van der Waals surface area (Å²) in [4.78, 5) is 13.8. The summed E-state index contributed by atoms with van der Waals surface area (Å²) < 4.78 is 27.1. The molecular formula is C14H18Cl2F2N2O. The Bertz CT molecular complexity index is 506. The number of carbonyl (C=O) groups is 1. The third kappa shape index (κ3) is 4.28. The van der Waals surface area contributed by atoms with Gasteiger partial charge in [-0.3, -0.25) is 4.79 Å². The van der Waals surface area contributed by atoms with Crippen molar-refractivity contribution in [2.24, 2.45) is 5.92 Å². The molecule has 21 heavy (non-hydrogen) atoms. The normalized spacial score (nSPS) is 15.7. The first-order chi connectivity index (χ1) is 9.52. The average Bonchev–Trinajstić information content (AvgIpc) is 2.43. The lowest BCUT2D eigenvalue weighted by atomic mass is 9.96. The molecule has 1 aromatic rings. The van der Waals surface area contributed by atoms with Gasteiger partial charge in [-0.2, -0.15) is 0 Å². The van der Waals surface area contributed by atoms with Gasteiger partial charge < -0.3 is 10.2 Å². The van der Waals surface area contributed by atoms with Crippen molar-refractivity contribution in [1.29, 1.82) is 0 Å². The van der Waals surface area contributed by atoms with E-state index < -0.39 is 17.5 Å². The summed E-state index contributed by atoms with van der Waals surface area (Å²) in [5, 5.41) is 2.80. The summed E-state index contributed by atoms with van der Waals surface area (Å²) in [6.45, 7) is 2.04. The fourth-order valence-corrected chi connectivity index (χ4v) is 2.64. The second-order valence-corrected chi connectivity index (χ2v) is 5.45. The number of piperidine rings is 1. The number of nitrogens with zero attached hydrogens (tertiary/aromatic N) is 1. The summed E-state index contributed by atoms with van der Waals surface area (Å²) in [5.74, 6) is -1.50. The maximum absolute atomic E-state index is 13.7. The van der Waals surface area contributed by atoms with Gasteiger partial charge in [-0.1, -0.05) is 11.6 Å². The molecule has 0 aliphatic carbocycles. The van der Waals surface area contributed by atoms with E-state index >= 15 is 0 Å². The number of halogens is 4. The third-order valence-corrected chi connectivity index (χ3v) is 3.92. The van der Waals surface area contributed by atoms with Gasteiger partial charge in [-0.25, -0.2) is 8.78 Å². The van der Waals surface area contributed by atoms with Crippen LogP contribution in [0.1, 0.15) is 23.2 Å². The van der Waals surface area contributed by atoms with Crippen molar-refractivity contribution in [1.82, 2.24) is 10.2 Å². The number of nitrogens with one attached hydrogen (secondary N) is 1. The number of carbonyl (C=O) groups excluding carboxylic acids is 1. The zero-order valence-corrected chi connectivity index (χ0v) is 13.2. The van der Waals surface area contributed by atoms with E-state index in [-0.39, 0.29) is 23.0 Å². The SMILES string of the molecule is CNCC1CCN(C(=O)c2cc(F)c(Cl)cc2F)CC1.Cl. The molecule has 118 valence electrons. The maximum Gasteiger partial charge on any atom is 0.256 e. The van der Waals surface area contributed by atoms with Crippen LogP contribution in [0, 0.1) is 17.6 Å². The van der Waals surface area contributed by atoms with Gasteiger partial charge in [0.1, 0.15) is 11.6 Å². The smallest absolute Gasteiger partial charge is 0.256 e. The van der Waals surface area contributed by atoms with Gasteiger partial charge in [0, 0.05) is 13.1 Å². The average molecular weight is 339 g/mol. The van der Waals surface area contributed by atoms with Crippen LogP contribution in [0.25, 0.3) is 0 Å². The second kappa shape index (κ2) is 7.92. The van der Waals surface area contributed by atoms with Crippen molar-refractivity contribution < 1.29 is 13.6 Å². The molecule has 2 rings (SSSR count). The zero-order valence-electron chi connectivity index (χ0n) is 11.7. The van der Waals surface area contributed by atoms with E-state index in [4.69, 9.17) is 11.6 Å². The molecular weight excluding hydrogens is 321 g/mol. The Morgan fingerprint density at radius 3 is 2.52 bits per heavy atom.